The average Bonchev–Trinajstić information content (AvgIpc) is 2.06. The molecule has 0 saturated heterocycles. The van der Waals surface area contributed by atoms with E-state index in [1.165, 1.54) is 0 Å². The summed E-state index contributed by atoms with van der Waals surface area (Å²) in [7, 11) is 0.503. The predicted octanol–water partition coefficient (Wildman–Crippen LogP) is 3.45. The first-order valence-electron chi connectivity index (χ1n) is 3.46. The summed E-state index contributed by atoms with van der Waals surface area (Å²) in [5, 5.41) is 0. The summed E-state index contributed by atoms with van der Waals surface area (Å²) in [6.07, 6.45) is -3.26. The van der Waals surface area contributed by atoms with Crippen LogP contribution in [0.3, 0.4) is 0 Å². The van der Waals surface area contributed by atoms with Crippen molar-refractivity contribution < 1.29 is 21.6 Å². The third kappa shape index (κ3) is 2.64. The molecule has 0 fully saturated rings. The van der Waals surface area contributed by atoms with Crippen molar-refractivity contribution in [2.75, 3.05) is 0 Å². The first-order chi connectivity index (χ1) is 6.75. The minimum absolute atomic E-state index is 0.248. The van der Waals surface area contributed by atoms with Gasteiger partial charge in [-0.05, 0) is 28.1 Å². The molecule has 0 bridgehead atoms. The number of benzene rings is 1. The molecular formula is C7H3BrClF3O2S. The zero-order valence-electron chi connectivity index (χ0n) is 6.85. The fourth-order valence-corrected chi connectivity index (χ4v) is 2.39. The molecule has 1 rings (SSSR count). The molecule has 0 saturated carbocycles. The molecule has 1 aromatic carbocycles. The molecular weight excluding hydrogens is 320 g/mol. The highest BCUT2D eigenvalue weighted by Crippen LogP contribution is 2.34. The normalized spacial score (nSPS) is 12.1. The van der Waals surface area contributed by atoms with E-state index in [0.29, 0.717) is 0 Å². The van der Waals surface area contributed by atoms with Gasteiger partial charge in [-0.2, -0.15) is 0 Å². The highest BCUT2D eigenvalue weighted by atomic mass is 79.9. The van der Waals surface area contributed by atoms with Crippen LogP contribution in [0, 0.1) is 5.82 Å². The van der Waals surface area contributed by atoms with Crippen molar-refractivity contribution in [1.29, 1.82) is 0 Å². The Kier molecular flexibility index (Phi) is 3.67. The fourth-order valence-electron chi connectivity index (χ4n) is 0.965. The molecule has 1 aromatic rings. The van der Waals surface area contributed by atoms with Gasteiger partial charge in [0.05, 0.1) is 14.9 Å². The maximum Gasteiger partial charge on any atom is 0.268 e. The molecule has 0 heterocycles. The Bertz CT molecular complexity index is 489. The second-order valence-corrected chi connectivity index (χ2v) is 5.90. The van der Waals surface area contributed by atoms with E-state index in [-0.39, 0.29) is 4.47 Å². The van der Waals surface area contributed by atoms with Gasteiger partial charge in [0.25, 0.3) is 15.5 Å². The van der Waals surface area contributed by atoms with Crippen molar-refractivity contribution in [2.45, 2.75) is 11.3 Å². The maximum absolute atomic E-state index is 13.2. The first-order valence-corrected chi connectivity index (χ1v) is 6.56. The van der Waals surface area contributed by atoms with Crippen molar-refractivity contribution in [3.63, 3.8) is 0 Å². The summed E-state index contributed by atoms with van der Waals surface area (Å²) in [4.78, 5) is -0.917. The molecule has 0 aliphatic carbocycles. The molecule has 0 unspecified atom stereocenters. The van der Waals surface area contributed by atoms with Crippen LogP contribution < -0.4 is 0 Å². The number of alkyl halides is 2. The lowest BCUT2D eigenvalue weighted by Crippen LogP contribution is -2.02. The van der Waals surface area contributed by atoms with Crippen molar-refractivity contribution in [3.05, 3.63) is 28.0 Å². The zero-order chi connectivity index (χ0) is 11.8. The van der Waals surface area contributed by atoms with E-state index in [9.17, 15) is 21.6 Å². The number of rotatable bonds is 2. The Morgan fingerprint density at radius 3 is 2.27 bits per heavy atom. The molecule has 0 aliphatic heterocycles. The van der Waals surface area contributed by atoms with Crippen LogP contribution in [0.2, 0.25) is 0 Å². The largest absolute Gasteiger partial charge is 0.268 e. The van der Waals surface area contributed by atoms with Crippen molar-refractivity contribution in [2.24, 2.45) is 0 Å². The minimum Gasteiger partial charge on any atom is -0.207 e. The van der Waals surface area contributed by atoms with E-state index >= 15 is 0 Å². The van der Waals surface area contributed by atoms with Gasteiger partial charge in [-0.25, -0.2) is 21.6 Å². The lowest BCUT2D eigenvalue weighted by molar-refractivity contribution is 0.142. The minimum atomic E-state index is -4.39. The van der Waals surface area contributed by atoms with Crippen molar-refractivity contribution in [3.8, 4) is 0 Å². The van der Waals surface area contributed by atoms with Crippen molar-refractivity contribution >= 4 is 35.7 Å². The van der Waals surface area contributed by atoms with E-state index in [2.05, 4.69) is 15.9 Å². The van der Waals surface area contributed by atoms with E-state index < -0.39 is 31.8 Å². The first kappa shape index (κ1) is 12.8. The van der Waals surface area contributed by atoms with Gasteiger partial charge in [-0.3, -0.25) is 0 Å². The second-order valence-electron chi connectivity index (χ2n) is 2.51. The Labute approximate surface area is 96.6 Å². The van der Waals surface area contributed by atoms with Crippen LogP contribution in [0.25, 0.3) is 0 Å². The van der Waals surface area contributed by atoms with Crippen LogP contribution in [0.1, 0.15) is 12.0 Å². The number of hydrogen-bond donors (Lipinski definition) is 0. The molecule has 0 aliphatic rings. The van der Waals surface area contributed by atoms with E-state index in [4.69, 9.17) is 10.7 Å². The Hall–Kier alpha value is -0.270. The standard InChI is InChI=1S/C7H3BrClF3O2S/c8-3-1-2-4(15(9,13)14)5(6(3)10)7(11)12/h1-2,7H. The fraction of sp³-hybridized carbons (Fsp3) is 0.143. The lowest BCUT2D eigenvalue weighted by atomic mass is 10.2. The summed E-state index contributed by atoms with van der Waals surface area (Å²) < 4.78 is 59.5. The smallest absolute Gasteiger partial charge is 0.207 e. The maximum atomic E-state index is 13.2. The number of hydrogen-bond acceptors (Lipinski definition) is 2. The van der Waals surface area contributed by atoms with Crippen molar-refractivity contribution in [1.82, 2.24) is 0 Å². The Balaban J connectivity index is 3.62. The van der Waals surface area contributed by atoms with Crippen LogP contribution in [-0.4, -0.2) is 8.42 Å². The van der Waals surface area contributed by atoms with E-state index in [1.54, 1.807) is 0 Å². The second kappa shape index (κ2) is 4.31. The topological polar surface area (TPSA) is 34.1 Å². The lowest BCUT2D eigenvalue weighted by Gasteiger charge is -2.08. The molecule has 15 heavy (non-hydrogen) atoms. The third-order valence-electron chi connectivity index (χ3n) is 1.57. The van der Waals surface area contributed by atoms with Gasteiger partial charge in [0.2, 0.25) is 0 Å². The molecule has 0 spiro atoms. The molecule has 0 amide bonds. The van der Waals surface area contributed by atoms with E-state index in [0.717, 1.165) is 12.1 Å². The van der Waals surface area contributed by atoms with Gasteiger partial charge in [-0.1, -0.05) is 0 Å². The van der Waals surface area contributed by atoms with Gasteiger partial charge in [0, 0.05) is 10.7 Å². The molecule has 0 N–H and O–H groups in total. The summed E-state index contributed by atoms with van der Waals surface area (Å²) in [6.45, 7) is 0. The van der Waals surface area contributed by atoms with Gasteiger partial charge in [0.15, 0.2) is 0 Å². The van der Waals surface area contributed by atoms with Crippen LogP contribution in [0.5, 0.6) is 0 Å². The number of halogens is 5. The molecule has 0 aromatic heterocycles. The Morgan fingerprint density at radius 1 is 1.33 bits per heavy atom. The van der Waals surface area contributed by atoms with Crippen LogP contribution in [-0.2, 0) is 9.05 Å². The highest BCUT2D eigenvalue weighted by Gasteiger charge is 2.26. The summed E-state index contributed by atoms with van der Waals surface area (Å²) in [5.41, 5.74) is -1.22. The monoisotopic (exact) mass is 322 g/mol. The zero-order valence-corrected chi connectivity index (χ0v) is 10.0. The van der Waals surface area contributed by atoms with Crippen LogP contribution in [0.15, 0.2) is 21.5 Å². The SMILES string of the molecule is O=S(=O)(Cl)c1ccc(Br)c(F)c1C(F)F. The Morgan fingerprint density at radius 2 is 1.87 bits per heavy atom. The van der Waals surface area contributed by atoms with Gasteiger partial charge in [-0.15, -0.1) is 0 Å². The van der Waals surface area contributed by atoms with Crippen LogP contribution in [0.4, 0.5) is 13.2 Å². The average molecular weight is 324 g/mol. The van der Waals surface area contributed by atoms with E-state index in [1.807, 2.05) is 0 Å². The quantitative estimate of drug-likeness (QED) is 0.781. The summed E-state index contributed by atoms with van der Waals surface area (Å²) >= 11 is 2.67. The van der Waals surface area contributed by atoms with Gasteiger partial charge in [0.1, 0.15) is 5.82 Å². The van der Waals surface area contributed by atoms with Gasteiger partial charge < -0.3 is 0 Å². The molecule has 0 radical (unpaired) electrons. The van der Waals surface area contributed by atoms with Gasteiger partial charge >= 0.3 is 0 Å². The predicted molar refractivity (Wildman–Crippen MR) is 52.1 cm³/mol. The summed E-state index contributed by atoms with van der Waals surface area (Å²) in [5.74, 6) is -1.33. The van der Waals surface area contributed by atoms with Crippen LogP contribution >= 0.6 is 26.6 Å². The molecule has 0 atom stereocenters. The third-order valence-corrected chi connectivity index (χ3v) is 3.57. The molecule has 84 valence electrons. The molecule has 8 heteroatoms. The highest BCUT2D eigenvalue weighted by molar-refractivity contribution is 9.10. The summed E-state index contributed by atoms with van der Waals surface area (Å²) in [6, 6.07) is 1.81. The molecule has 2 nitrogen and oxygen atoms in total.